The van der Waals surface area contributed by atoms with Gasteiger partial charge in [0, 0.05) is 34.0 Å². The molecule has 19 heavy (non-hydrogen) atoms. The SMILES string of the molecule is c1csc(CC(NC2CCCSC2)c2cccs2)c1. The lowest BCUT2D eigenvalue weighted by atomic mass is 10.1. The maximum absolute atomic E-state index is 3.89. The van der Waals surface area contributed by atoms with E-state index in [-0.39, 0.29) is 0 Å². The first kappa shape index (κ1) is 13.7. The molecule has 1 aliphatic heterocycles. The van der Waals surface area contributed by atoms with Gasteiger partial charge in [-0.2, -0.15) is 11.8 Å². The highest BCUT2D eigenvalue weighted by Crippen LogP contribution is 2.27. The molecule has 2 aromatic rings. The molecule has 1 nitrogen and oxygen atoms in total. The fraction of sp³-hybridized carbons (Fsp3) is 0.467. The van der Waals surface area contributed by atoms with Crippen LogP contribution in [-0.4, -0.2) is 17.5 Å². The molecule has 4 heteroatoms. The zero-order valence-electron chi connectivity index (χ0n) is 10.9. The van der Waals surface area contributed by atoms with Crippen LogP contribution < -0.4 is 5.32 Å². The van der Waals surface area contributed by atoms with Gasteiger partial charge in [-0.25, -0.2) is 0 Å². The average molecular weight is 310 g/mol. The Morgan fingerprint density at radius 2 is 2.11 bits per heavy atom. The minimum absolute atomic E-state index is 0.488. The van der Waals surface area contributed by atoms with Crippen LogP contribution in [0.5, 0.6) is 0 Å². The molecular weight excluding hydrogens is 290 g/mol. The molecule has 1 fully saturated rings. The summed E-state index contributed by atoms with van der Waals surface area (Å²) in [6, 6.07) is 10.0. The molecule has 0 aromatic carbocycles. The first-order valence-electron chi connectivity index (χ1n) is 6.81. The number of thiophene rings is 2. The van der Waals surface area contributed by atoms with Gasteiger partial charge in [-0.05, 0) is 41.5 Å². The van der Waals surface area contributed by atoms with Gasteiger partial charge in [0.25, 0.3) is 0 Å². The summed E-state index contributed by atoms with van der Waals surface area (Å²) in [4.78, 5) is 2.96. The molecule has 3 heterocycles. The van der Waals surface area contributed by atoms with Crippen LogP contribution in [-0.2, 0) is 6.42 Å². The minimum atomic E-state index is 0.488. The van der Waals surface area contributed by atoms with Gasteiger partial charge < -0.3 is 5.32 Å². The summed E-state index contributed by atoms with van der Waals surface area (Å²) in [5, 5.41) is 8.26. The van der Waals surface area contributed by atoms with Crippen molar-refractivity contribution in [2.45, 2.75) is 31.3 Å². The first-order chi connectivity index (χ1) is 9.42. The second-order valence-electron chi connectivity index (χ2n) is 4.93. The van der Waals surface area contributed by atoms with Gasteiger partial charge in [-0.15, -0.1) is 22.7 Å². The molecule has 0 saturated carbocycles. The van der Waals surface area contributed by atoms with Gasteiger partial charge >= 0.3 is 0 Å². The second-order valence-corrected chi connectivity index (χ2v) is 8.09. The molecule has 0 radical (unpaired) electrons. The third-order valence-electron chi connectivity index (χ3n) is 3.47. The van der Waals surface area contributed by atoms with E-state index in [2.05, 4.69) is 52.1 Å². The number of hydrogen-bond acceptors (Lipinski definition) is 4. The first-order valence-corrected chi connectivity index (χ1v) is 9.73. The number of nitrogens with one attached hydrogen (secondary N) is 1. The third-order valence-corrected chi connectivity index (χ3v) is 6.57. The van der Waals surface area contributed by atoms with Crippen LogP contribution in [0.3, 0.4) is 0 Å². The van der Waals surface area contributed by atoms with Gasteiger partial charge in [-0.3, -0.25) is 0 Å². The van der Waals surface area contributed by atoms with Crippen molar-refractivity contribution in [3.05, 3.63) is 44.8 Å². The molecular formula is C15H19NS3. The van der Waals surface area contributed by atoms with Crippen molar-refractivity contribution in [1.82, 2.24) is 5.32 Å². The monoisotopic (exact) mass is 309 g/mol. The van der Waals surface area contributed by atoms with E-state index in [0.29, 0.717) is 12.1 Å². The Balaban J connectivity index is 1.68. The average Bonchev–Trinajstić information content (AvgIpc) is 3.12. The fourth-order valence-electron chi connectivity index (χ4n) is 2.52. The lowest BCUT2D eigenvalue weighted by Gasteiger charge is -2.27. The normalized spacial score (nSPS) is 21.4. The molecule has 0 aliphatic carbocycles. The molecule has 1 saturated heterocycles. The summed E-state index contributed by atoms with van der Waals surface area (Å²) in [5.41, 5.74) is 0. The van der Waals surface area contributed by atoms with Crippen molar-refractivity contribution in [3.63, 3.8) is 0 Å². The highest BCUT2D eigenvalue weighted by atomic mass is 32.2. The third kappa shape index (κ3) is 3.85. The van der Waals surface area contributed by atoms with Crippen LogP contribution in [0.4, 0.5) is 0 Å². The Hall–Kier alpha value is -0.290. The minimum Gasteiger partial charge on any atom is -0.305 e. The highest BCUT2D eigenvalue weighted by molar-refractivity contribution is 7.99. The van der Waals surface area contributed by atoms with E-state index < -0.39 is 0 Å². The summed E-state index contributed by atoms with van der Waals surface area (Å²) < 4.78 is 0. The summed E-state index contributed by atoms with van der Waals surface area (Å²) >= 11 is 5.84. The topological polar surface area (TPSA) is 12.0 Å². The van der Waals surface area contributed by atoms with E-state index in [9.17, 15) is 0 Å². The van der Waals surface area contributed by atoms with Crippen LogP contribution in [0, 0.1) is 0 Å². The van der Waals surface area contributed by atoms with Crippen LogP contribution in [0.1, 0.15) is 28.6 Å². The maximum atomic E-state index is 3.89. The maximum Gasteiger partial charge on any atom is 0.0465 e. The van der Waals surface area contributed by atoms with Crippen LogP contribution in [0.15, 0.2) is 35.0 Å². The zero-order valence-corrected chi connectivity index (χ0v) is 13.3. The largest absolute Gasteiger partial charge is 0.305 e. The molecule has 0 spiro atoms. The van der Waals surface area contributed by atoms with E-state index in [1.807, 2.05) is 22.7 Å². The molecule has 2 atom stereocenters. The van der Waals surface area contributed by atoms with Crippen LogP contribution >= 0.6 is 34.4 Å². The quantitative estimate of drug-likeness (QED) is 0.867. The molecule has 2 aromatic heterocycles. The van der Waals surface area contributed by atoms with Gasteiger partial charge in [0.15, 0.2) is 0 Å². The van der Waals surface area contributed by atoms with Crippen molar-refractivity contribution in [2.75, 3.05) is 11.5 Å². The van der Waals surface area contributed by atoms with E-state index in [1.54, 1.807) is 0 Å². The van der Waals surface area contributed by atoms with Gasteiger partial charge in [0.05, 0.1) is 0 Å². The van der Waals surface area contributed by atoms with Gasteiger partial charge in [-0.1, -0.05) is 12.1 Å². The predicted molar refractivity (Wildman–Crippen MR) is 88.6 cm³/mol. The van der Waals surface area contributed by atoms with Crippen LogP contribution in [0.2, 0.25) is 0 Å². The number of rotatable bonds is 5. The highest BCUT2D eigenvalue weighted by Gasteiger charge is 2.20. The molecule has 2 unspecified atom stereocenters. The van der Waals surface area contributed by atoms with E-state index in [0.717, 1.165) is 6.42 Å². The molecule has 102 valence electrons. The molecule has 1 N–H and O–H groups in total. The van der Waals surface area contributed by atoms with E-state index >= 15 is 0 Å². The Bertz CT molecular complexity index is 458. The fourth-order valence-corrected chi connectivity index (χ4v) is 5.14. The Labute approximate surface area is 127 Å². The lowest BCUT2D eigenvalue weighted by molar-refractivity contribution is 0.436. The van der Waals surface area contributed by atoms with Crippen molar-refractivity contribution < 1.29 is 0 Å². The van der Waals surface area contributed by atoms with Crippen molar-refractivity contribution in [1.29, 1.82) is 0 Å². The zero-order chi connectivity index (χ0) is 12.9. The van der Waals surface area contributed by atoms with Gasteiger partial charge in [0.2, 0.25) is 0 Å². The predicted octanol–water partition coefficient (Wildman–Crippen LogP) is 4.58. The van der Waals surface area contributed by atoms with E-state index in [1.165, 1.54) is 34.1 Å². The van der Waals surface area contributed by atoms with Crippen LogP contribution in [0.25, 0.3) is 0 Å². The van der Waals surface area contributed by atoms with Crippen molar-refractivity contribution in [3.8, 4) is 0 Å². The van der Waals surface area contributed by atoms with E-state index in [4.69, 9.17) is 0 Å². The summed E-state index contributed by atoms with van der Waals surface area (Å²) in [6.45, 7) is 0. The summed E-state index contributed by atoms with van der Waals surface area (Å²) in [5.74, 6) is 2.61. The van der Waals surface area contributed by atoms with Crippen molar-refractivity contribution >= 4 is 34.4 Å². The summed E-state index contributed by atoms with van der Waals surface area (Å²) in [7, 11) is 0. The number of thioether (sulfide) groups is 1. The second kappa shape index (κ2) is 6.93. The Morgan fingerprint density at radius 3 is 2.79 bits per heavy atom. The number of hydrogen-bond donors (Lipinski definition) is 1. The van der Waals surface area contributed by atoms with Crippen molar-refractivity contribution in [2.24, 2.45) is 0 Å². The van der Waals surface area contributed by atoms with Gasteiger partial charge in [0.1, 0.15) is 0 Å². The Kier molecular flexibility index (Phi) is 4.99. The summed E-state index contributed by atoms with van der Waals surface area (Å²) in [6.07, 6.45) is 3.82. The standard InChI is InChI=1S/C15H19NS3/c1-4-12(11-17-7-1)16-14(15-6-3-9-19-15)10-13-5-2-8-18-13/h2-3,5-6,8-9,12,14,16H,1,4,7,10-11H2. The molecule has 0 amide bonds. The molecule has 1 aliphatic rings. The lowest BCUT2D eigenvalue weighted by Crippen LogP contribution is -2.37. The Morgan fingerprint density at radius 1 is 1.21 bits per heavy atom. The smallest absolute Gasteiger partial charge is 0.0465 e. The molecule has 3 rings (SSSR count). The molecule has 0 bridgehead atoms.